The average Bonchev–Trinajstić information content (AvgIpc) is 2.38. The van der Waals surface area contributed by atoms with E-state index in [9.17, 15) is 4.21 Å². The Kier molecular flexibility index (Phi) is 6.14. The normalized spacial score (nSPS) is 11.6. The summed E-state index contributed by atoms with van der Waals surface area (Å²) >= 11 is 0. The molecule has 0 bridgehead atoms. The molecular weight excluding hydrogens is 238 g/mol. The molecule has 0 saturated carbocycles. The average molecular weight is 253 g/mol. The highest BCUT2D eigenvalue weighted by Gasteiger charge is 2.03. The van der Waals surface area contributed by atoms with E-state index < -0.39 is 10.8 Å². The quantitative estimate of drug-likeness (QED) is 0.324. The van der Waals surface area contributed by atoms with Crippen LogP contribution in [0, 0.1) is 0 Å². The van der Waals surface area contributed by atoms with E-state index in [4.69, 9.17) is 10.3 Å². The second kappa shape index (κ2) is 7.70. The number of benzene rings is 1. The van der Waals surface area contributed by atoms with Crippen molar-refractivity contribution in [2.75, 3.05) is 19.4 Å². The fourth-order valence-corrected chi connectivity index (χ4v) is 2.45. The van der Waals surface area contributed by atoms with Crippen molar-refractivity contribution in [3.05, 3.63) is 34.7 Å². The molecule has 1 aromatic rings. The zero-order valence-electron chi connectivity index (χ0n) is 9.70. The van der Waals surface area contributed by atoms with Crippen molar-refractivity contribution in [1.29, 1.82) is 0 Å². The molecule has 0 spiro atoms. The van der Waals surface area contributed by atoms with E-state index in [0.717, 1.165) is 23.5 Å². The van der Waals surface area contributed by atoms with E-state index in [1.54, 1.807) is 19.2 Å². The summed E-state index contributed by atoms with van der Waals surface area (Å²) in [7, 11) is 0.609. The van der Waals surface area contributed by atoms with Crippen molar-refractivity contribution >= 4 is 10.8 Å². The summed E-state index contributed by atoms with van der Waals surface area (Å²) < 4.78 is 16.9. The Hall–Kier alpha value is -1.52. The van der Waals surface area contributed by atoms with Gasteiger partial charge in [-0.3, -0.25) is 4.21 Å². The van der Waals surface area contributed by atoms with Gasteiger partial charge in [0, 0.05) is 22.1 Å². The number of rotatable bonds is 7. The molecule has 17 heavy (non-hydrogen) atoms. The summed E-state index contributed by atoms with van der Waals surface area (Å²) in [6.45, 7) is 0.469. The number of hydrogen-bond acceptors (Lipinski definition) is 3. The van der Waals surface area contributed by atoms with Gasteiger partial charge in [0.05, 0.1) is 17.9 Å². The van der Waals surface area contributed by atoms with Crippen LogP contribution in [0.2, 0.25) is 0 Å². The van der Waals surface area contributed by atoms with E-state index in [-0.39, 0.29) is 0 Å². The summed E-state index contributed by atoms with van der Waals surface area (Å²) in [5.41, 5.74) is 8.09. The molecular formula is C11H15N3O2S. The minimum atomic E-state index is -0.989. The Morgan fingerprint density at radius 3 is 2.65 bits per heavy atom. The molecule has 0 aliphatic carbocycles. The lowest BCUT2D eigenvalue weighted by Gasteiger charge is -2.03. The zero-order chi connectivity index (χ0) is 12.5. The molecule has 0 heterocycles. The maximum absolute atomic E-state index is 11.8. The van der Waals surface area contributed by atoms with Gasteiger partial charge in [0.1, 0.15) is 5.75 Å². The van der Waals surface area contributed by atoms with Crippen LogP contribution in [0.25, 0.3) is 10.4 Å². The van der Waals surface area contributed by atoms with Crippen molar-refractivity contribution in [2.45, 2.75) is 17.7 Å². The van der Waals surface area contributed by atoms with Crippen LogP contribution < -0.4 is 4.74 Å². The third kappa shape index (κ3) is 4.89. The van der Waals surface area contributed by atoms with Gasteiger partial charge in [-0.05, 0) is 42.6 Å². The van der Waals surface area contributed by atoms with E-state index in [2.05, 4.69) is 10.0 Å². The van der Waals surface area contributed by atoms with Gasteiger partial charge in [-0.2, -0.15) is 0 Å². The van der Waals surface area contributed by atoms with Crippen LogP contribution >= 0.6 is 0 Å². The van der Waals surface area contributed by atoms with Gasteiger partial charge in [-0.1, -0.05) is 5.11 Å². The summed E-state index contributed by atoms with van der Waals surface area (Å²) in [6, 6.07) is 7.21. The number of ether oxygens (including phenoxy) is 1. The number of azide groups is 1. The standard InChI is InChI=1S/C11H15N3O2S/c1-16-10-4-6-11(7-5-10)17(15)9-3-2-8-13-14-12/h4-7H,2-3,8-9H2,1H3. The van der Waals surface area contributed by atoms with Crippen molar-refractivity contribution in [2.24, 2.45) is 5.11 Å². The molecule has 5 nitrogen and oxygen atoms in total. The highest BCUT2D eigenvalue weighted by Crippen LogP contribution is 2.14. The van der Waals surface area contributed by atoms with Crippen LogP contribution in [-0.4, -0.2) is 23.6 Å². The number of hydrogen-bond donors (Lipinski definition) is 0. The first-order valence-electron chi connectivity index (χ1n) is 5.31. The number of unbranched alkanes of at least 4 members (excludes halogenated alkanes) is 1. The molecule has 0 aliphatic rings. The van der Waals surface area contributed by atoms with Gasteiger partial charge >= 0.3 is 0 Å². The number of methoxy groups -OCH3 is 1. The van der Waals surface area contributed by atoms with Gasteiger partial charge in [0.15, 0.2) is 0 Å². The highest BCUT2D eigenvalue weighted by molar-refractivity contribution is 7.85. The summed E-state index contributed by atoms with van der Waals surface area (Å²) in [4.78, 5) is 3.47. The molecule has 0 aliphatic heterocycles. The van der Waals surface area contributed by atoms with Gasteiger partial charge in [0.2, 0.25) is 0 Å². The van der Waals surface area contributed by atoms with Crippen molar-refractivity contribution in [3.63, 3.8) is 0 Å². The zero-order valence-corrected chi connectivity index (χ0v) is 10.5. The van der Waals surface area contributed by atoms with Crippen LogP contribution in [0.4, 0.5) is 0 Å². The first-order chi connectivity index (χ1) is 8.27. The second-order valence-electron chi connectivity index (χ2n) is 3.39. The molecule has 0 amide bonds. The van der Waals surface area contributed by atoms with E-state index >= 15 is 0 Å². The monoisotopic (exact) mass is 253 g/mol. The van der Waals surface area contributed by atoms with Crippen molar-refractivity contribution in [3.8, 4) is 5.75 Å². The third-order valence-corrected chi connectivity index (χ3v) is 3.68. The maximum atomic E-state index is 11.8. The Morgan fingerprint density at radius 2 is 2.06 bits per heavy atom. The predicted octanol–water partition coefficient (Wildman–Crippen LogP) is 2.89. The van der Waals surface area contributed by atoms with Gasteiger partial charge in [-0.25, -0.2) is 0 Å². The molecule has 0 radical (unpaired) electrons. The van der Waals surface area contributed by atoms with Gasteiger partial charge in [-0.15, -0.1) is 0 Å². The minimum absolute atomic E-state index is 0.469. The molecule has 0 saturated heterocycles. The lowest BCUT2D eigenvalue weighted by atomic mass is 10.3. The minimum Gasteiger partial charge on any atom is -0.497 e. The maximum Gasteiger partial charge on any atom is 0.118 e. The Balaban J connectivity index is 2.38. The van der Waals surface area contributed by atoms with Crippen molar-refractivity contribution in [1.82, 2.24) is 0 Å². The van der Waals surface area contributed by atoms with Gasteiger partial charge < -0.3 is 4.74 Å². The molecule has 0 fully saturated rings. The first-order valence-corrected chi connectivity index (χ1v) is 6.63. The lowest BCUT2D eigenvalue weighted by Crippen LogP contribution is -1.99. The molecule has 1 aromatic carbocycles. The fourth-order valence-electron chi connectivity index (χ4n) is 1.31. The predicted molar refractivity (Wildman–Crippen MR) is 67.5 cm³/mol. The topological polar surface area (TPSA) is 75.1 Å². The van der Waals surface area contributed by atoms with Crippen LogP contribution in [0.15, 0.2) is 34.3 Å². The Morgan fingerprint density at radius 1 is 1.35 bits per heavy atom. The van der Waals surface area contributed by atoms with Crippen LogP contribution in [0.3, 0.4) is 0 Å². The molecule has 6 heteroatoms. The number of nitrogens with zero attached hydrogens (tertiary/aromatic N) is 3. The summed E-state index contributed by atoms with van der Waals surface area (Å²) in [5.74, 6) is 1.35. The van der Waals surface area contributed by atoms with E-state index in [1.807, 2.05) is 12.1 Å². The largest absolute Gasteiger partial charge is 0.497 e. The Labute approximate surface area is 103 Å². The smallest absolute Gasteiger partial charge is 0.118 e. The van der Waals surface area contributed by atoms with Gasteiger partial charge in [0.25, 0.3) is 0 Å². The summed E-state index contributed by atoms with van der Waals surface area (Å²) in [6.07, 6.45) is 1.56. The molecule has 0 aromatic heterocycles. The Bertz CT molecular complexity index is 413. The van der Waals surface area contributed by atoms with Crippen LogP contribution in [-0.2, 0) is 10.8 Å². The first kappa shape index (κ1) is 13.5. The van der Waals surface area contributed by atoms with Crippen molar-refractivity contribution < 1.29 is 8.95 Å². The lowest BCUT2D eigenvalue weighted by molar-refractivity contribution is 0.414. The van der Waals surface area contributed by atoms with E-state index in [1.165, 1.54) is 0 Å². The molecule has 1 atom stereocenters. The van der Waals surface area contributed by atoms with Crippen LogP contribution in [0.5, 0.6) is 5.75 Å². The third-order valence-electron chi connectivity index (χ3n) is 2.22. The molecule has 1 unspecified atom stereocenters. The molecule has 92 valence electrons. The summed E-state index contributed by atoms with van der Waals surface area (Å²) in [5, 5.41) is 3.43. The SMILES string of the molecule is COc1ccc(S(=O)CCCCN=[N+]=[N-])cc1. The molecule has 0 N–H and O–H groups in total. The fraction of sp³-hybridized carbons (Fsp3) is 0.455. The highest BCUT2D eigenvalue weighted by atomic mass is 32.2. The van der Waals surface area contributed by atoms with E-state index in [0.29, 0.717) is 12.3 Å². The second-order valence-corrected chi connectivity index (χ2v) is 4.96. The molecule has 1 rings (SSSR count). The van der Waals surface area contributed by atoms with Crippen LogP contribution in [0.1, 0.15) is 12.8 Å².